The maximum atomic E-state index is 12.4. The molecule has 0 fully saturated rings. The van der Waals surface area contributed by atoms with Crippen LogP contribution in [0.4, 0.5) is 13.2 Å². The Balaban J connectivity index is 2.06. The summed E-state index contributed by atoms with van der Waals surface area (Å²) in [4.78, 5) is -0.568. The molecule has 0 saturated carbocycles. The molecule has 9 heteroatoms. The van der Waals surface area contributed by atoms with Gasteiger partial charge in [0.25, 0.3) is 0 Å². The number of hydrogen-bond donors (Lipinski definition) is 1. The zero-order valence-corrected chi connectivity index (χ0v) is 14.0. The highest BCUT2D eigenvalue weighted by molar-refractivity contribution is 7.89. The van der Waals surface area contributed by atoms with Gasteiger partial charge in [-0.15, -0.1) is 13.2 Å². The Morgan fingerprint density at radius 3 is 2.28 bits per heavy atom. The van der Waals surface area contributed by atoms with Crippen LogP contribution in [0.5, 0.6) is 11.5 Å². The molecule has 0 aliphatic rings. The average molecular weight is 375 g/mol. The van der Waals surface area contributed by atoms with Gasteiger partial charge in [0.1, 0.15) is 16.4 Å². The summed E-state index contributed by atoms with van der Waals surface area (Å²) in [5.41, 5.74) is 0.850. The number of ether oxygens (including phenoxy) is 2. The lowest BCUT2D eigenvalue weighted by Crippen LogP contribution is -2.27. The predicted octanol–water partition coefficient (Wildman–Crippen LogP) is 3.11. The third-order valence-electron chi connectivity index (χ3n) is 3.23. The summed E-state index contributed by atoms with van der Waals surface area (Å²) in [6.07, 6.45) is -4.61. The fourth-order valence-corrected chi connectivity index (χ4v) is 3.24. The molecule has 0 amide bonds. The summed E-state index contributed by atoms with van der Waals surface area (Å²) in [5, 5.41) is 0. The van der Waals surface area contributed by atoms with Gasteiger partial charge in [0.05, 0.1) is 7.11 Å². The van der Waals surface area contributed by atoms with Crippen LogP contribution in [0.3, 0.4) is 0 Å². The van der Waals surface area contributed by atoms with Gasteiger partial charge in [-0.05, 0) is 36.2 Å². The minimum atomic E-state index is -4.98. The Hall–Kier alpha value is -2.26. The van der Waals surface area contributed by atoms with Crippen LogP contribution in [0.1, 0.15) is 5.56 Å². The van der Waals surface area contributed by atoms with Crippen LogP contribution in [0.15, 0.2) is 53.4 Å². The maximum absolute atomic E-state index is 12.4. The molecule has 0 heterocycles. The number of methoxy groups -OCH3 is 1. The number of para-hydroxylation sites is 1. The van der Waals surface area contributed by atoms with E-state index in [9.17, 15) is 21.6 Å². The normalized spacial score (nSPS) is 12.0. The highest BCUT2D eigenvalue weighted by atomic mass is 32.2. The minimum absolute atomic E-state index is 0.0228. The van der Waals surface area contributed by atoms with Crippen LogP contribution in [-0.4, -0.2) is 28.4 Å². The number of rotatable bonds is 7. The van der Waals surface area contributed by atoms with Crippen LogP contribution in [-0.2, 0) is 16.4 Å². The van der Waals surface area contributed by atoms with Crippen molar-refractivity contribution in [2.45, 2.75) is 17.7 Å². The summed E-state index contributed by atoms with van der Waals surface area (Å²) in [6.45, 7) is 0.0228. The second-order valence-corrected chi connectivity index (χ2v) is 6.73. The molecule has 5 nitrogen and oxygen atoms in total. The van der Waals surface area contributed by atoms with E-state index in [0.717, 1.165) is 17.7 Å². The van der Waals surface area contributed by atoms with E-state index in [1.54, 1.807) is 24.3 Å². The van der Waals surface area contributed by atoms with Gasteiger partial charge in [0.2, 0.25) is 10.0 Å². The molecule has 0 aliphatic carbocycles. The molecule has 25 heavy (non-hydrogen) atoms. The molecule has 2 aromatic rings. The summed E-state index contributed by atoms with van der Waals surface area (Å²) >= 11 is 0. The fraction of sp³-hybridized carbons (Fsp3) is 0.250. The third kappa shape index (κ3) is 5.64. The Morgan fingerprint density at radius 1 is 1.04 bits per heavy atom. The topological polar surface area (TPSA) is 64.6 Å². The van der Waals surface area contributed by atoms with Crippen molar-refractivity contribution in [1.29, 1.82) is 0 Å². The molecule has 1 N–H and O–H groups in total. The zero-order chi connectivity index (χ0) is 18.5. The van der Waals surface area contributed by atoms with Gasteiger partial charge >= 0.3 is 6.36 Å². The first-order valence-corrected chi connectivity index (χ1v) is 8.67. The van der Waals surface area contributed by atoms with E-state index in [1.165, 1.54) is 19.2 Å². The van der Waals surface area contributed by atoms with E-state index in [-0.39, 0.29) is 6.54 Å². The number of sulfonamides is 1. The van der Waals surface area contributed by atoms with E-state index >= 15 is 0 Å². The Kier molecular flexibility index (Phi) is 5.91. The standard InChI is InChI=1S/C16H16F3NO4S/c1-23-13-8-6-12(7-9-13)10-11-20-25(21,22)15-5-3-2-4-14(15)24-16(17,18)19/h2-9,20H,10-11H2,1H3. The minimum Gasteiger partial charge on any atom is -0.497 e. The van der Waals surface area contributed by atoms with Gasteiger partial charge in [-0.2, -0.15) is 0 Å². The van der Waals surface area contributed by atoms with E-state index in [0.29, 0.717) is 12.2 Å². The average Bonchev–Trinajstić information content (AvgIpc) is 2.54. The highest BCUT2D eigenvalue weighted by Gasteiger charge is 2.33. The molecule has 0 atom stereocenters. The van der Waals surface area contributed by atoms with Crippen molar-refractivity contribution in [3.8, 4) is 11.5 Å². The van der Waals surface area contributed by atoms with E-state index in [2.05, 4.69) is 9.46 Å². The largest absolute Gasteiger partial charge is 0.573 e. The lowest BCUT2D eigenvalue weighted by Gasteiger charge is -2.14. The van der Waals surface area contributed by atoms with E-state index in [1.807, 2.05) is 0 Å². The number of halogens is 3. The molecule has 0 unspecified atom stereocenters. The second kappa shape index (κ2) is 7.75. The molecular weight excluding hydrogens is 359 g/mol. The Morgan fingerprint density at radius 2 is 1.68 bits per heavy atom. The lowest BCUT2D eigenvalue weighted by molar-refractivity contribution is -0.275. The van der Waals surface area contributed by atoms with Gasteiger partial charge in [0.15, 0.2) is 0 Å². The summed E-state index contributed by atoms with van der Waals surface area (Å²) in [5.74, 6) is -0.102. The summed E-state index contributed by atoms with van der Waals surface area (Å²) in [7, 11) is -2.61. The molecule has 0 radical (unpaired) electrons. The first kappa shape index (κ1) is 19.1. The van der Waals surface area contributed by atoms with Crippen molar-refractivity contribution in [2.24, 2.45) is 0 Å². The third-order valence-corrected chi connectivity index (χ3v) is 4.73. The van der Waals surface area contributed by atoms with Gasteiger partial charge in [-0.25, -0.2) is 13.1 Å². The highest BCUT2D eigenvalue weighted by Crippen LogP contribution is 2.29. The zero-order valence-electron chi connectivity index (χ0n) is 13.2. The maximum Gasteiger partial charge on any atom is 0.573 e. The molecule has 0 aliphatic heterocycles. The van der Waals surface area contributed by atoms with Crippen molar-refractivity contribution in [1.82, 2.24) is 4.72 Å². The van der Waals surface area contributed by atoms with Crippen LogP contribution in [0.2, 0.25) is 0 Å². The Bertz CT molecular complexity index is 805. The van der Waals surface area contributed by atoms with E-state index < -0.39 is 27.0 Å². The molecule has 0 aromatic heterocycles. The molecule has 0 bridgehead atoms. The Labute approximate surface area is 143 Å². The summed E-state index contributed by atoms with van der Waals surface area (Å²) in [6, 6.07) is 11.6. The smallest absolute Gasteiger partial charge is 0.497 e. The van der Waals surface area contributed by atoms with Gasteiger partial charge in [-0.3, -0.25) is 0 Å². The summed E-state index contributed by atoms with van der Waals surface area (Å²) < 4.78 is 72.8. The monoisotopic (exact) mass is 375 g/mol. The number of nitrogens with one attached hydrogen (secondary N) is 1. The number of hydrogen-bond acceptors (Lipinski definition) is 4. The van der Waals surface area contributed by atoms with Crippen molar-refractivity contribution < 1.29 is 31.1 Å². The lowest BCUT2D eigenvalue weighted by atomic mass is 10.1. The second-order valence-electron chi connectivity index (χ2n) is 4.99. The van der Waals surface area contributed by atoms with Crippen molar-refractivity contribution in [2.75, 3.05) is 13.7 Å². The van der Waals surface area contributed by atoms with Crippen molar-refractivity contribution in [3.63, 3.8) is 0 Å². The quantitative estimate of drug-likeness (QED) is 0.808. The van der Waals surface area contributed by atoms with Crippen molar-refractivity contribution in [3.05, 3.63) is 54.1 Å². The van der Waals surface area contributed by atoms with Crippen molar-refractivity contribution >= 4 is 10.0 Å². The first-order chi connectivity index (χ1) is 11.7. The number of alkyl halides is 3. The predicted molar refractivity (Wildman–Crippen MR) is 85.0 cm³/mol. The first-order valence-electron chi connectivity index (χ1n) is 7.18. The number of benzene rings is 2. The SMILES string of the molecule is COc1ccc(CCNS(=O)(=O)c2ccccc2OC(F)(F)F)cc1. The van der Waals surface area contributed by atoms with Gasteiger partial charge in [0, 0.05) is 6.54 Å². The molecular formula is C16H16F3NO4S. The molecule has 136 valence electrons. The van der Waals surface area contributed by atoms with Gasteiger partial charge < -0.3 is 9.47 Å². The van der Waals surface area contributed by atoms with Crippen LogP contribution in [0.25, 0.3) is 0 Å². The van der Waals surface area contributed by atoms with Crippen LogP contribution >= 0.6 is 0 Å². The molecule has 0 spiro atoms. The van der Waals surface area contributed by atoms with Gasteiger partial charge in [-0.1, -0.05) is 24.3 Å². The fourth-order valence-electron chi connectivity index (χ4n) is 2.08. The molecule has 2 rings (SSSR count). The molecule has 2 aromatic carbocycles. The molecule has 0 saturated heterocycles. The van der Waals surface area contributed by atoms with Crippen LogP contribution < -0.4 is 14.2 Å². The van der Waals surface area contributed by atoms with Crippen LogP contribution in [0, 0.1) is 0 Å². The van der Waals surface area contributed by atoms with E-state index in [4.69, 9.17) is 4.74 Å².